The van der Waals surface area contributed by atoms with Gasteiger partial charge >= 0.3 is 0 Å². The van der Waals surface area contributed by atoms with E-state index in [1.807, 2.05) is 0 Å². The molecule has 0 N–H and O–H groups in total. The number of hydrogen-bond acceptors (Lipinski definition) is 1. The Hall–Kier alpha value is -8.72. The molecule has 1 aromatic heterocycles. The number of nitrogens with zero attached hydrogens (tertiary/aromatic N) is 2. The summed E-state index contributed by atoms with van der Waals surface area (Å²) in [5.74, 6) is 0. The molecule has 12 aromatic rings. The third-order valence-corrected chi connectivity index (χ3v) is 16.5. The van der Waals surface area contributed by atoms with Crippen molar-refractivity contribution < 1.29 is 0 Å². The van der Waals surface area contributed by atoms with Gasteiger partial charge in [0.1, 0.15) is 0 Å². The smallest absolute Gasteiger partial charge is 0.0547 e. The molecule has 0 fully saturated rings. The molecule has 1 heterocycles. The molecule has 1 aliphatic carbocycles. The van der Waals surface area contributed by atoms with Gasteiger partial charge in [0.05, 0.1) is 16.7 Å². The van der Waals surface area contributed by atoms with E-state index in [0.29, 0.717) is 0 Å². The van der Waals surface area contributed by atoms with Crippen molar-refractivity contribution in [1.82, 2.24) is 4.57 Å². The lowest BCUT2D eigenvalue weighted by Crippen LogP contribution is -2.16. The highest BCUT2D eigenvalue weighted by atomic mass is 15.1. The highest BCUT2D eigenvalue weighted by molar-refractivity contribution is 6.11. The van der Waals surface area contributed by atoms with Crippen molar-refractivity contribution in [3.05, 3.63) is 265 Å². The van der Waals surface area contributed by atoms with Crippen LogP contribution in [0.3, 0.4) is 0 Å². The van der Waals surface area contributed by atoms with Crippen molar-refractivity contribution >= 4 is 49.6 Å². The molecule has 0 atom stereocenters. The van der Waals surface area contributed by atoms with Crippen LogP contribution in [0.2, 0.25) is 0 Å². The van der Waals surface area contributed by atoms with Gasteiger partial charge in [-0.25, -0.2) is 0 Å². The summed E-state index contributed by atoms with van der Waals surface area (Å²) in [7, 11) is 0. The number of aromatic nitrogens is 1. The van der Waals surface area contributed by atoms with Gasteiger partial charge in [0, 0.05) is 38.8 Å². The van der Waals surface area contributed by atoms with Crippen LogP contribution in [-0.2, 0) is 16.2 Å². The Kier molecular flexibility index (Phi) is 11.4. The Morgan fingerprint density at radius 1 is 0.364 bits per heavy atom. The van der Waals surface area contributed by atoms with Crippen LogP contribution >= 0.6 is 0 Å². The van der Waals surface area contributed by atoms with Gasteiger partial charge < -0.3 is 9.47 Å². The molecule has 2 heteroatoms. The van der Waals surface area contributed by atoms with Crippen molar-refractivity contribution in [2.45, 2.75) is 71.6 Å². The summed E-state index contributed by atoms with van der Waals surface area (Å²) in [5, 5.41) is 4.97. The number of fused-ring (bicyclic) bond motifs is 7. The predicted molar refractivity (Wildman–Crippen MR) is 330 cm³/mol. The molecule has 0 spiro atoms. The third-order valence-electron chi connectivity index (χ3n) is 16.5. The highest BCUT2D eigenvalue weighted by Gasteiger charge is 2.37. The maximum absolute atomic E-state index is 2.49. The van der Waals surface area contributed by atoms with Gasteiger partial charge in [0.2, 0.25) is 0 Å². The molecule has 0 saturated carbocycles. The zero-order chi connectivity index (χ0) is 52.8. The molecule has 0 radical (unpaired) electrons. The van der Waals surface area contributed by atoms with E-state index in [4.69, 9.17) is 0 Å². The normalized spacial score (nSPS) is 13.0. The topological polar surface area (TPSA) is 8.17 Å². The number of benzene rings is 11. The summed E-state index contributed by atoms with van der Waals surface area (Å²) in [4.78, 5) is 2.49. The second-order valence-corrected chi connectivity index (χ2v) is 23.8. The largest absolute Gasteiger partial charge is 0.310 e. The first-order valence-corrected chi connectivity index (χ1v) is 27.3. The van der Waals surface area contributed by atoms with Crippen LogP contribution in [0.5, 0.6) is 0 Å². The quantitative estimate of drug-likeness (QED) is 0.147. The van der Waals surface area contributed by atoms with E-state index in [0.717, 1.165) is 28.3 Å². The first-order chi connectivity index (χ1) is 37.2. The van der Waals surface area contributed by atoms with Gasteiger partial charge in [-0.1, -0.05) is 243 Å². The minimum atomic E-state index is -0.161. The molecule has 0 unspecified atom stereocenters. The van der Waals surface area contributed by atoms with Gasteiger partial charge in [-0.15, -0.1) is 0 Å². The highest BCUT2D eigenvalue weighted by Crippen LogP contribution is 2.53. The summed E-state index contributed by atoms with van der Waals surface area (Å²) in [5.41, 5.74) is 24.4. The molecule has 0 bridgehead atoms. The molecule has 0 aliphatic heterocycles. The van der Waals surface area contributed by atoms with E-state index in [2.05, 4.69) is 308 Å². The molecule has 77 heavy (non-hydrogen) atoms. The molecule has 11 aromatic carbocycles. The first-order valence-electron chi connectivity index (χ1n) is 27.3. The Bertz CT molecular complexity index is 4210. The summed E-state index contributed by atoms with van der Waals surface area (Å²) in [6.45, 7) is 18.7. The first kappa shape index (κ1) is 48.0. The second kappa shape index (κ2) is 18.2. The van der Waals surface area contributed by atoms with Gasteiger partial charge in [0.25, 0.3) is 0 Å². The van der Waals surface area contributed by atoms with Crippen molar-refractivity contribution in [1.29, 1.82) is 0 Å². The standard InChI is InChI=1S/C75H64N2/c1-73(2,3)54-44-53(45-55(48-54)74(4,5)6)59-31-19-22-50-23-20-33-65(71(50)59)63-30-14-16-36-68(63)76(58-27-18-24-52(46-58)60-32-21-34-66-61-28-12-15-35-67(61)75(7,8)72(60)66)57-41-38-49(39-42-57)51-40-43-64-62-29-13-17-37-69(62)77(70(64)47-51)56-25-10-9-11-26-56/h9-48H,1-8H3. The van der Waals surface area contributed by atoms with Crippen molar-refractivity contribution in [2.24, 2.45) is 0 Å². The molecule has 374 valence electrons. The third kappa shape index (κ3) is 8.17. The Morgan fingerprint density at radius 2 is 0.948 bits per heavy atom. The molecule has 1 aliphatic rings. The number of hydrogen-bond donors (Lipinski definition) is 0. The van der Waals surface area contributed by atoms with Crippen molar-refractivity contribution in [3.63, 3.8) is 0 Å². The average Bonchev–Trinajstić information content (AvgIpc) is 4.11. The predicted octanol–water partition coefficient (Wildman–Crippen LogP) is 21.0. The summed E-state index contributed by atoms with van der Waals surface area (Å²) in [6.07, 6.45) is 0. The fourth-order valence-corrected chi connectivity index (χ4v) is 12.5. The van der Waals surface area contributed by atoms with E-state index in [1.165, 1.54) is 105 Å². The molecule has 0 saturated heterocycles. The fraction of sp³-hybridized carbons (Fsp3) is 0.147. The molecule has 2 nitrogen and oxygen atoms in total. The number of para-hydroxylation sites is 3. The van der Waals surface area contributed by atoms with E-state index in [9.17, 15) is 0 Å². The summed E-state index contributed by atoms with van der Waals surface area (Å²) >= 11 is 0. The van der Waals surface area contributed by atoms with Gasteiger partial charge in [-0.3, -0.25) is 0 Å². The fourth-order valence-electron chi connectivity index (χ4n) is 12.5. The van der Waals surface area contributed by atoms with E-state index in [1.54, 1.807) is 0 Å². The zero-order valence-electron chi connectivity index (χ0n) is 45.5. The van der Waals surface area contributed by atoms with Crippen molar-refractivity contribution in [3.8, 4) is 61.3 Å². The summed E-state index contributed by atoms with van der Waals surface area (Å²) < 4.78 is 2.40. The van der Waals surface area contributed by atoms with Crippen LogP contribution in [0.1, 0.15) is 77.6 Å². The maximum Gasteiger partial charge on any atom is 0.0547 e. The number of anilines is 3. The Morgan fingerprint density at radius 3 is 1.70 bits per heavy atom. The van der Waals surface area contributed by atoms with E-state index in [-0.39, 0.29) is 16.2 Å². The van der Waals surface area contributed by atoms with Crippen LogP contribution in [0.4, 0.5) is 17.1 Å². The molecular weight excluding hydrogens is 929 g/mol. The lowest BCUT2D eigenvalue weighted by molar-refractivity contribution is 0.569. The van der Waals surface area contributed by atoms with Gasteiger partial charge in [-0.2, -0.15) is 0 Å². The zero-order valence-corrected chi connectivity index (χ0v) is 45.5. The minimum Gasteiger partial charge on any atom is -0.310 e. The monoisotopic (exact) mass is 993 g/mol. The van der Waals surface area contributed by atoms with Crippen LogP contribution in [-0.4, -0.2) is 4.57 Å². The Labute approximate surface area is 454 Å². The van der Waals surface area contributed by atoms with Gasteiger partial charge in [-0.05, 0) is 149 Å². The van der Waals surface area contributed by atoms with Crippen molar-refractivity contribution in [2.75, 3.05) is 4.90 Å². The maximum atomic E-state index is 2.49. The van der Waals surface area contributed by atoms with Crippen LogP contribution in [0.25, 0.3) is 93.9 Å². The van der Waals surface area contributed by atoms with Crippen LogP contribution < -0.4 is 4.90 Å². The molecular formula is C75H64N2. The Balaban J connectivity index is 1.000. The average molecular weight is 993 g/mol. The SMILES string of the molecule is CC(C)(C)c1cc(-c2cccc3cccc(-c4ccccc4N(c4ccc(-c5ccc6c7ccccc7n(-c7ccccc7)c6c5)cc4)c4cccc(-c5cccc6c5C(C)(C)c5ccccc5-6)c4)c23)cc(C(C)(C)C)c1. The molecule has 0 amide bonds. The molecule has 13 rings (SSSR count). The van der Waals surface area contributed by atoms with E-state index < -0.39 is 0 Å². The van der Waals surface area contributed by atoms with Crippen LogP contribution in [0, 0.1) is 0 Å². The second-order valence-electron chi connectivity index (χ2n) is 23.8. The van der Waals surface area contributed by atoms with E-state index >= 15 is 0 Å². The van der Waals surface area contributed by atoms with Crippen LogP contribution in [0.15, 0.2) is 243 Å². The summed E-state index contributed by atoms with van der Waals surface area (Å²) in [6, 6.07) is 90.7. The minimum absolute atomic E-state index is 0.0188. The number of rotatable bonds is 8. The van der Waals surface area contributed by atoms with Gasteiger partial charge in [0.15, 0.2) is 0 Å². The lowest BCUT2D eigenvalue weighted by atomic mass is 9.78. The lowest BCUT2D eigenvalue weighted by Gasteiger charge is -2.30.